The lowest BCUT2D eigenvalue weighted by atomic mass is 10.1. The summed E-state index contributed by atoms with van der Waals surface area (Å²) in [5, 5.41) is 1.10. The third-order valence-electron chi connectivity index (χ3n) is 6.73. The zero-order valence-electron chi connectivity index (χ0n) is 19.6. The number of nitrogens with zero attached hydrogens (tertiary/aromatic N) is 5. The SMILES string of the molecule is Cc1ccc(N2CCN(c3ncnc4c3c(-c3ccccc3)cn4-c3ccc(Br)cc3)CC2)cc1. The van der Waals surface area contributed by atoms with Crippen LogP contribution < -0.4 is 9.80 Å². The number of anilines is 2. The third-order valence-corrected chi connectivity index (χ3v) is 7.26. The van der Waals surface area contributed by atoms with Crippen LogP contribution in [0.25, 0.3) is 27.8 Å². The Balaban J connectivity index is 1.41. The number of aryl methyl sites for hydroxylation is 1. The first-order valence-corrected chi connectivity index (χ1v) is 12.7. The van der Waals surface area contributed by atoms with E-state index in [9.17, 15) is 0 Å². The molecule has 5 nitrogen and oxygen atoms in total. The van der Waals surface area contributed by atoms with Crippen molar-refractivity contribution in [2.24, 2.45) is 0 Å². The van der Waals surface area contributed by atoms with E-state index < -0.39 is 0 Å². The molecule has 6 rings (SSSR count). The molecule has 174 valence electrons. The van der Waals surface area contributed by atoms with E-state index in [4.69, 9.17) is 9.97 Å². The van der Waals surface area contributed by atoms with Gasteiger partial charge in [0.1, 0.15) is 12.1 Å². The van der Waals surface area contributed by atoms with E-state index in [1.165, 1.54) is 16.8 Å². The summed E-state index contributed by atoms with van der Waals surface area (Å²) in [7, 11) is 0. The highest BCUT2D eigenvalue weighted by Gasteiger charge is 2.24. The van der Waals surface area contributed by atoms with Gasteiger partial charge in [-0.2, -0.15) is 0 Å². The maximum absolute atomic E-state index is 4.82. The molecule has 0 unspecified atom stereocenters. The first kappa shape index (κ1) is 21.9. The summed E-state index contributed by atoms with van der Waals surface area (Å²) >= 11 is 3.55. The molecule has 0 saturated carbocycles. The van der Waals surface area contributed by atoms with E-state index in [0.29, 0.717) is 0 Å². The van der Waals surface area contributed by atoms with Crippen molar-refractivity contribution < 1.29 is 0 Å². The van der Waals surface area contributed by atoms with Crippen molar-refractivity contribution in [1.82, 2.24) is 14.5 Å². The minimum Gasteiger partial charge on any atom is -0.368 e. The Morgan fingerprint density at radius 1 is 0.714 bits per heavy atom. The van der Waals surface area contributed by atoms with Crippen LogP contribution in [0.5, 0.6) is 0 Å². The number of rotatable bonds is 4. The van der Waals surface area contributed by atoms with Crippen LogP contribution in [-0.2, 0) is 0 Å². The second-order valence-electron chi connectivity index (χ2n) is 8.96. The number of hydrogen-bond acceptors (Lipinski definition) is 4. The molecule has 0 aliphatic carbocycles. The van der Waals surface area contributed by atoms with Crippen molar-refractivity contribution in [3.05, 3.63) is 101 Å². The molecule has 5 aromatic rings. The van der Waals surface area contributed by atoms with Gasteiger partial charge in [0, 0.05) is 53.8 Å². The summed E-state index contributed by atoms with van der Waals surface area (Å²) in [4.78, 5) is 14.4. The quantitative estimate of drug-likeness (QED) is 0.270. The minimum absolute atomic E-state index is 0.914. The number of hydrogen-bond donors (Lipinski definition) is 0. The summed E-state index contributed by atoms with van der Waals surface area (Å²) in [6, 6.07) is 27.7. The van der Waals surface area contributed by atoms with Gasteiger partial charge < -0.3 is 14.4 Å². The van der Waals surface area contributed by atoms with Crippen LogP contribution in [0.1, 0.15) is 5.56 Å². The zero-order chi connectivity index (χ0) is 23.8. The van der Waals surface area contributed by atoms with Crippen LogP contribution in [0, 0.1) is 6.92 Å². The molecule has 2 aromatic heterocycles. The summed E-state index contributed by atoms with van der Waals surface area (Å²) in [5.41, 5.74) is 6.91. The van der Waals surface area contributed by atoms with Crippen molar-refractivity contribution >= 4 is 38.5 Å². The van der Waals surface area contributed by atoms with E-state index in [2.05, 4.69) is 122 Å². The van der Waals surface area contributed by atoms with Crippen LogP contribution in [-0.4, -0.2) is 40.7 Å². The smallest absolute Gasteiger partial charge is 0.150 e. The monoisotopic (exact) mass is 523 g/mol. The predicted molar refractivity (Wildman–Crippen MR) is 148 cm³/mol. The Morgan fingerprint density at radius 2 is 1.37 bits per heavy atom. The second-order valence-corrected chi connectivity index (χ2v) is 9.88. The van der Waals surface area contributed by atoms with Gasteiger partial charge in [-0.25, -0.2) is 9.97 Å². The van der Waals surface area contributed by atoms with Gasteiger partial charge in [0.15, 0.2) is 5.65 Å². The second kappa shape index (κ2) is 9.19. The van der Waals surface area contributed by atoms with Gasteiger partial charge in [-0.05, 0) is 48.9 Å². The molecule has 1 aliphatic heterocycles. The Morgan fingerprint density at radius 3 is 2.09 bits per heavy atom. The van der Waals surface area contributed by atoms with Crippen molar-refractivity contribution in [2.45, 2.75) is 6.92 Å². The average Bonchev–Trinajstić information content (AvgIpc) is 3.30. The summed E-state index contributed by atoms with van der Waals surface area (Å²) < 4.78 is 3.24. The lowest BCUT2D eigenvalue weighted by Gasteiger charge is -2.37. The minimum atomic E-state index is 0.914. The fourth-order valence-corrected chi connectivity index (χ4v) is 5.12. The van der Waals surface area contributed by atoms with Gasteiger partial charge in [-0.1, -0.05) is 64.0 Å². The van der Waals surface area contributed by atoms with Gasteiger partial charge in [-0.15, -0.1) is 0 Å². The Hall–Kier alpha value is -3.64. The van der Waals surface area contributed by atoms with Crippen LogP contribution in [0.2, 0.25) is 0 Å². The molecule has 3 heterocycles. The first-order chi connectivity index (χ1) is 17.2. The van der Waals surface area contributed by atoms with Crippen LogP contribution in [0.15, 0.2) is 95.9 Å². The number of aromatic nitrogens is 3. The molecule has 0 spiro atoms. The maximum Gasteiger partial charge on any atom is 0.150 e. The highest BCUT2D eigenvalue weighted by Crippen LogP contribution is 2.37. The van der Waals surface area contributed by atoms with E-state index in [1.54, 1.807) is 6.33 Å². The highest BCUT2D eigenvalue weighted by molar-refractivity contribution is 9.10. The van der Waals surface area contributed by atoms with E-state index >= 15 is 0 Å². The van der Waals surface area contributed by atoms with Crippen molar-refractivity contribution in [2.75, 3.05) is 36.0 Å². The number of fused-ring (bicyclic) bond motifs is 1. The molecule has 0 radical (unpaired) electrons. The molecule has 0 bridgehead atoms. The lowest BCUT2D eigenvalue weighted by molar-refractivity contribution is 0.649. The standard InChI is InChI=1S/C29H26BrN5/c1-21-7-11-24(12-8-21)33-15-17-34(18-16-33)28-27-26(22-5-3-2-4-6-22)19-35(29(27)32-20-31-28)25-13-9-23(30)10-14-25/h2-14,19-20H,15-18H2,1H3. The third kappa shape index (κ3) is 4.19. The summed E-state index contributed by atoms with van der Waals surface area (Å²) in [6.07, 6.45) is 3.90. The molecule has 35 heavy (non-hydrogen) atoms. The van der Waals surface area contributed by atoms with Gasteiger partial charge in [0.25, 0.3) is 0 Å². The van der Waals surface area contributed by atoms with Gasteiger partial charge in [-0.3, -0.25) is 0 Å². The number of piperazine rings is 1. The molecule has 6 heteroatoms. The van der Waals surface area contributed by atoms with Crippen molar-refractivity contribution in [3.63, 3.8) is 0 Å². The molecular weight excluding hydrogens is 498 g/mol. The molecule has 1 fully saturated rings. The number of benzene rings is 3. The zero-order valence-corrected chi connectivity index (χ0v) is 21.2. The Bertz CT molecular complexity index is 1450. The molecule has 0 amide bonds. The Kier molecular flexibility index (Phi) is 5.74. The van der Waals surface area contributed by atoms with E-state index in [0.717, 1.165) is 58.8 Å². The largest absolute Gasteiger partial charge is 0.368 e. The molecular formula is C29H26BrN5. The van der Waals surface area contributed by atoms with Gasteiger partial charge in [0.2, 0.25) is 0 Å². The van der Waals surface area contributed by atoms with Crippen LogP contribution in [0.4, 0.5) is 11.5 Å². The highest BCUT2D eigenvalue weighted by atomic mass is 79.9. The molecule has 1 saturated heterocycles. The van der Waals surface area contributed by atoms with E-state index in [-0.39, 0.29) is 0 Å². The summed E-state index contributed by atoms with van der Waals surface area (Å²) in [5.74, 6) is 1.01. The van der Waals surface area contributed by atoms with Crippen LogP contribution in [0.3, 0.4) is 0 Å². The van der Waals surface area contributed by atoms with Gasteiger partial charge in [0.05, 0.1) is 5.39 Å². The molecule has 3 aromatic carbocycles. The average molecular weight is 524 g/mol. The fourth-order valence-electron chi connectivity index (χ4n) is 4.85. The predicted octanol–water partition coefficient (Wildman–Crippen LogP) is 6.49. The molecule has 0 N–H and O–H groups in total. The van der Waals surface area contributed by atoms with Crippen molar-refractivity contribution in [3.8, 4) is 16.8 Å². The van der Waals surface area contributed by atoms with Gasteiger partial charge >= 0.3 is 0 Å². The normalized spacial score (nSPS) is 14.0. The Labute approximate surface area is 213 Å². The number of halogens is 1. The molecule has 1 aliphatic rings. The van der Waals surface area contributed by atoms with E-state index in [1.807, 2.05) is 0 Å². The maximum atomic E-state index is 4.82. The first-order valence-electron chi connectivity index (χ1n) is 11.9. The molecule has 0 atom stereocenters. The van der Waals surface area contributed by atoms with Crippen molar-refractivity contribution in [1.29, 1.82) is 0 Å². The lowest BCUT2D eigenvalue weighted by Crippen LogP contribution is -2.46. The fraction of sp³-hybridized carbons (Fsp3) is 0.172. The topological polar surface area (TPSA) is 37.2 Å². The summed E-state index contributed by atoms with van der Waals surface area (Å²) in [6.45, 7) is 5.88. The van der Waals surface area contributed by atoms with Crippen LogP contribution >= 0.6 is 15.9 Å².